The monoisotopic (exact) mass is 410 g/mol. The zero-order valence-corrected chi connectivity index (χ0v) is 16.4. The van der Waals surface area contributed by atoms with Gasteiger partial charge in [0.2, 0.25) is 0 Å². The number of hydrogen-bond donors (Lipinski definition) is 2. The largest absolute Gasteiger partial charge is 0.492 e. The Labute approximate surface area is 167 Å². The summed E-state index contributed by atoms with van der Waals surface area (Å²) in [6, 6.07) is 11.5. The molecule has 6 nitrogen and oxygen atoms in total. The van der Waals surface area contributed by atoms with Crippen LogP contribution in [-0.4, -0.2) is 25.0 Å². The van der Waals surface area contributed by atoms with E-state index in [0.717, 1.165) is 0 Å². The molecular formula is C19H20Cl2N2O4. The highest BCUT2D eigenvalue weighted by atomic mass is 35.5. The van der Waals surface area contributed by atoms with Crippen molar-refractivity contribution < 1.29 is 19.1 Å². The molecule has 2 N–H and O–H groups in total. The second kappa shape index (κ2) is 10.0. The fourth-order valence-corrected chi connectivity index (χ4v) is 2.47. The van der Waals surface area contributed by atoms with E-state index >= 15 is 0 Å². The van der Waals surface area contributed by atoms with Gasteiger partial charge in [0.25, 0.3) is 11.8 Å². The summed E-state index contributed by atoms with van der Waals surface area (Å²) < 4.78 is 10.9. The van der Waals surface area contributed by atoms with Crippen molar-refractivity contribution in [2.45, 2.75) is 13.8 Å². The van der Waals surface area contributed by atoms with E-state index in [2.05, 4.69) is 10.9 Å². The molecule has 0 aromatic heterocycles. The van der Waals surface area contributed by atoms with E-state index in [1.54, 1.807) is 36.4 Å². The summed E-state index contributed by atoms with van der Waals surface area (Å²) in [5, 5.41) is 0.748. The summed E-state index contributed by atoms with van der Waals surface area (Å²) in [6.07, 6.45) is 0. The zero-order valence-electron chi connectivity index (χ0n) is 14.9. The highest BCUT2D eigenvalue weighted by molar-refractivity contribution is 6.35. The average molecular weight is 411 g/mol. The highest BCUT2D eigenvalue weighted by Crippen LogP contribution is 2.27. The van der Waals surface area contributed by atoms with Crippen molar-refractivity contribution in [3.8, 4) is 11.5 Å². The maximum atomic E-state index is 12.3. The topological polar surface area (TPSA) is 76.7 Å². The number of para-hydroxylation sites is 1. The fraction of sp³-hybridized carbons (Fsp3) is 0.263. The molecule has 2 aromatic carbocycles. The van der Waals surface area contributed by atoms with Crippen molar-refractivity contribution in [2.24, 2.45) is 5.92 Å². The van der Waals surface area contributed by atoms with E-state index in [9.17, 15) is 9.59 Å². The van der Waals surface area contributed by atoms with Crippen molar-refractivity contribution in [1.29, 1.82) is 0 Å². The number of ether oxygens (including phenoxy) is 2. The van der Waals surface area contributed by atoms with Crippen LogP contribution >= 0.6 is 23.2 Å². The lowest BCUT2D eigenvalue weighted by Gasteiger charge is -2.13. The third-order valence-electron chi connectivity index (χ3n) is 3.27. The van der Waals surface area contributed by atoms with Gasteiger partial charge in [-0.1, -0.05) is 49.2 Å². The summed E-state index contributed by atoms with van der Waals surface area (Å²) in [5.41, 5.74) is 4.94. The van der Waals surface area contributed by atoms with E-state index in [4.69, 9.17) is 32.7 Å². The maximum absolute atomic E-state index is 12.3. The van der Waals surface area contributed by atoms with Crippen molar-refractivity contribution in [2.75, 3.05) is 13.2 Å². The molecule has 2 aromatic rings. The highest BCUT2D eigenvalue weighted by Gasteiger charge is 2.14. The molecule has 0 aliphatic rings. The van der Waals surface area contributed by atoms with E-state index in [0.29, 0.717) is 34.6 Å². The van der Waals surface area contributed by atoms with Gasteiger partial charge >= 0.3 is 0 Å². The van der Waals surface area contributed by atoms with Crippen molar-refractivity contribution in [3.05, 3.63) is 58.1 Å². The maximum Gasteiger partial charge on any atom is 0.276 e. The molecule has 8 heteroatoms. The van der Waals surface area contributed by atoms with Gasteiger partial charge in [-0.3, -0.25) is 20.4 Å². The number of amides is 2. The average Bonchev–Trinajstić information content (AvgIpc) is 2.64. The van der Waals surface area contributed by atoms with Crippen LogP contribution in [-0.2, 0) is 4.79 Å². The molecule has 2 amide bonds. The van der Waals surface area contributed by atoms with Gasteiger partial charge in [-0.15, -0.1) is 0 Å². The number of nitrogens with one attached hydrogen (secondary N) is 2. The molecule has 0 aliphatic heterocycles. The molecule has 0 fully saturated rings. The lowest BCUT2D eigenvalue weighted by Crippen LogP contribution is -2.44. The second-order valence-corrected chi connectivity index (χ2v) is 6.91. The molecule has 0 saturated heterocycles. The van der Waals surface area contributed by atoms with Gasteiger partial charge in [-0.25, -0.2) is 0 Å². The molecule has 0 aliphatic carbocycles. The number of hydrogen-bond acceptors (Lipinski definition) is 4. The third-order valence-corrected chi connectivity index (χ3v) is 3.80. The zero-order chi connectivity index (χ0) is 19.8. The van der Waals surface area contributed by atoms with E-state index in [1.165, 1.54) is 6.07 Å². The van der Waals surface area contributed by atoms with Crippen LogP contribution in [0.15, 0.2) is 42.5 Å². The number of benzene rings is 2. The SMILES string of the molecule is CC(C)COc1ccccc1C(=O)NNC(=O)COc1ccc(Cl)cc1Cl. The molecule has 144 valence electrons. The van der Waals surface area contributed by atoms with Gasteiger partial charge in [-0.2, -0.15) is 0 Å². The molecule has 0 bridgehead atoms. The van der Waals surface area contributed by atoms with Gasteiger partial charge < -0.3 is 9.47 Å². The number of carbonyl (C=O) groups excluding carboxylic acids is 2. The first kappa shape index (κ1) is 20.9. The number of hydrazine groups is 1. The van der Waals surface area contributed by atoms with E-state index < -0.39 is 11.8 Å². The van der Waals surface area contributed by atoms with Crippen molar-refractivity contribution in [1.82, 2.24) is 10.9 Å². The summed E-state index contributed by atoms with van der Waals surface area (Å²) in [4.78, 5) is 24.2. The van der Waals surface area contributed by atoms with E-state index in [1.807, 2.05) is 13.8 Å². The number of rotatable bonds is 7. The normalized spacial score (nSPS) is 10.4. The van der Waals surface area contributed by atoms with Crippen LogP contribution in [0.25, 0.3) is 0 Å². The Morgan fingerprint density at radius 3 is 2.44 bits per heavy atom. The summed E-state index contributed by atoms with van der Waals surface area (Å²) >= 11 is 11.8. The smallest absolute Gasteiger partial charge is 0.276 e. The Kier molecular flexibility index (Phi) is 7.76. The Morgan fingerprint density at radius 1 is 1.00 bits per heavy atom. The molecule has 0 saturated carbocycles. The Bertz CT molecular complexity index is 812. The molecule has 0 atom stereocenters. The molecule has 0 radical (unpaired) electrons. The molecule has 0 heterocycles. The van der Waals surface area contributed by atoms with Crippen LogP contribution in [0.3, 0.4) is 0 Å². The van der Waals surface area contributed by atoms with Crippen LogP contribution in [0, 0.1) is 5.92 Å². The Balaban J connectivity index is 1.87. The molecule has 0 spiro atoms. The van der Waals surface area contributed by atoms with Crippen molar-refractivity contribution >= 4 is 35.0 Å². The van der Waals surface area contributed by atoms with Gasteiger partial charge in [0.05, 0.1) is 17.2 Å². The number of halogens is 2. The standard InChI is InChI=1S/C19H20Cl2N2O4/c1-12(2)10-26-16-6-4-3-5-14(16)19(25)23-22-18(24)11-27-17-8-7-13(20)9-15(17)21/h3-9,12H,10-11H2,1-2H3,(H,22,24)(H,23,25). The third kappa shape index (κ3) is 6.66. The van der Waals surface area contributed by atoms with Crippen LogP contribution in [0.2, 0.25) is 10.0 Å². The fourth-order valence-electron chi connectivity index (χ4n) is 2.00. The quantitative estimate of drug-likeness (QED) is 0.679. The van der Waals surface area contributed by atoms with Crippen LogP contribution in [0.4, 0.5) is 0 Å². The van der Waals surface area contributed by atoms with Gasteiger partial charge in [0, 0.05) is 5.02 Å². The predicted octanol–water partition coefficient (Wildman–Crippen LogP) is 3.87. The molecule has 27 heavy (non-hydrogen) atoms. The minimum atomic E-state index is -0.546. The van der Waals surface area contributed by atoms with Crippen LogP contribution in [0.5, 0.6) is 11.5 Å². The van der Waals surface area contributed by atoms with Gasteiger partial charge in [0.1, 0.15) is 11.5 Å². The molecule has 2 rings (SSSR count). The Hall–Kier alpha value is -2.44. The summed E-state index contributed by atoms with van der Waals surface area (Å²) in [7, 11) is 0. The van der Waals surface area contributed by atoms with E-state index in [-0.39, 0.29) is 11.6 Å². The first-order valence-corrected chi connectivity index (χ1v) is 9.01. The molecular weight excluding hydrogens is 391 g/mol. The minimum Gasteiger partial charge on any atom is -0.492 e. The Morgan fingerprint density at radius 2 is 1.74 bits per heavy atom. The van der Waals surface area contributed by atoms with Crippen LogP contribution < -0.4 is 20.3 Å². The number of carbonyl (C=O) groups is 2. The first-order chi connectivity index (χ1) is 12.9. The minimum absolute atomic E-state index is 0.288. The van der Waals surface area contributed by atoms with Crippen molar-refractivity contribution in [3.63, 3.8) is 0 Å². The summed E-state index contributed by atoms with van der Waals surface area (Å²) in [6.45, 7) is 4.17. The second-order valence-electron chi connectivity index (χ2n) is 6.07. The lowest BCUT2D eigenvalue weighted by molar-refractivity contribution is -0.123. The first-order valence-electron chi connectivity index (χ1n) is 8.25. The summed E-state index contributed by atoms with van der Waals surface area (Å²) in [5.74, 6) is 0.0389. The molecule has 0 unspecified atom stereocenters. The van der Waals surface area contributed by atoms with Crippen LogP contribution in [0.1, 0.15) is 24.2 Å². The van der Waals surface area contributed by atoms with Gasteiger partial charge in [-0.05, 0) is 36.2 Å². The van der Waals surface area contributed by atoms with Gasteiger partial charge in [0.15, 0.2) is 6.61 Å². The predicted molar refractivity (Wildman–Crippen MR) is 104 cm³/mol. The lowest BCUT2D eigenvalue weighted by atomic mass is 10.2.